The van der Waals surface area contributed by atoms with Crippen LogP contribution in [0, 0.1) is 0 Å². The van der Waals surface area contributed by atoms with Crippen LogP contribution in [0.2, 0.25) is 10.0 Å². The van der Waals surface area contributed by atoms with Gasteiger partial charge in [-0.2, -0.15) is 0 Å². The van der Waals surface area contributed by atoms with Gasteiger partial charge in [0.05, 0.1) is 15.8 Å². The maximum atomic E-state index is 12.1. The van der Waals surface area contributed by atoms with Gasteiger partial charge >= 0.3 is 0 Å². The fourth-order valence-corrected chi connectivity index (χ4v) is 4.11. The lowest BCUT2D eigenvalue weighted by molar-refractivity contribution is -0.115. The molecule has 1 amide bonds. The molecule has 8 heteroatoms. The van der Waals surface area contributed by atoms with Crippen molar-refractivity contribution in [1.29, 1.82) is 0 Å². The van der Waals surface area contributed by atoms with Crippen molar-refractivity contribution >= 4 is 44.8 Å². The normalized spacial score (nSPS) is 16.5. The lowest BCUT2D eigenvalue weighted by Crippen LogP contribution is -2.37. The molecule has 1 aliphatic rings. The van der Waals surface area contributed by atoms with E-state index in [0.29, 0.717) is 28.8 Å². The number of carbonyl (C=O) groups is 1. The summed E-state index contributed by atoms with van der Waals surface area (Å²) >= 11 is 11.7. The Bertz CT molecular complexity index is 643. The third kappa shape index (κ3) is 4.84. The summed E-state index contributed by atoms with van der Waals surface area (Å²) in [5.74, 6) is -0.542. The van der Waals surface area contributed by atoms with Crippen LogP contribution in [0.5, 0.6) is 0 Å². The van der Waals surface area contributed by atoms with E-state index in [-0.39, 0.29) is 18.1 Å². The first kappa shape index (κ1) is 17.5. The molecule has 1 heterocycles. The Balaban J connectivity index is 1.87. The van der Waals surface area contributed by atoms with Gasteiger partial charge in [-0.15, -0.1) is 0 Å². The van der Waals surface area contributed by atoms with E-state index in [0.717, 1.165) is 19.3 Å². The van der Waals surface area contributed by atoms with E-state index in [9.17, 15) is 13.2 Å². The Morgan fingerprint density at radius 2 is 1.82 bits per heavy atom. The number of hydrogen-bond acceptors (Lipinski definition) is 3. The van der Waals surface area contributed by atoms with E-state index < -0.39 is 10.0 Å². The molecule has 5 nitrogen and oxygen atoms in total. The second-order valence-corrected chi connectivity index (χ2v) is 8.11. The molecule has 0 saturated carbocycles. The highest BCUT2D eigenvalue weighted by Crippen LogP contribution is 2.25. The third-order valence-corrected chi connectivity index (χ3v) is 6.11. The lowest BCUT2D eigenvalue weighted by Gasteiger charge is -2.25. The first-order valence-electron chi connectivity index (χ1n) is 7.11. The van der Waals surface area contributed by atoms with Crippen molar-refractivity contribution in [3.8, 4) is 0 Å². The fourth-order valence-electron chi connectivity index (χ4n) is 2.29. The molecular weight excluding hydrogens is 347 g/mol. The standard InChI is InChI=1S/C14H18Cl2N2O3S/c15-12-5-4-11(10-13(12)16)17-14(19)6-9-22(20,21)18-7-2-1-3-8-18/h4-5,10H,1-3,6-9H2,(H,17,19). The number of halogens is 2. The van der Waals surface area contributed by atoms with Crippen molar-refractivity contribution in [1.82, 2.24) is 4.31 Å². The maximum absolute atomic E-state index is 12.1. The Morgan fingerprint density at radius 3 is 2.45 bits per heavy atom. The van der Waals surface area contributed by atoms with Crippen molar-refractivity contribution < 1.29 is 13.2 Å². The highest BCUT2D eigenvalue weighted by molar-refractivity contribution is 7.89. The maximum Gasteiger partial charge on any atom is 0.225 e. The minimum absolute atomic E-state index is 0.0842. The molecule has 122 valence electrons. The Morgan fingerprint density at radius 1 is 1.14 bits per heavy atom. The minimum Gasteiger partial charge on any atom is -0.326 e. The molecule has 0 aromatic heterocycles. The molecule has 1 saturated heterocycles. The van der Waals surface area contributed by atoms with Gasteiger partial charge in [0.2, 0.25) is 15.9 Å². The van der Waals surface area contributed by atoms with Gasteiger partial charge in [-0.3, -0.25) is 4.79 Å². The van der Waals surface area contributed by atoms with Gasteiger partial charge in [0, 0.05) is 25.2 Å². The van der Waals surface area contributed by atoms with Crippen molar-refractivity contribution in [2.45, 2.75) is 25.7 Å². The third-order valence-electron chi connectivity index (χ3n) is 3.50. The van der Waals surface area contributed by atoms with E-state index >= 15 is 0 Å². The number of nitrogens with one attached hydrogen (secondary N) is 1. The zero-order valence-corrected chi connectivity index (χ0v) is 14.3. The average molecular weight is 365 g/mol. The molecule has 1 aliphatic heterocycles. The van der Waals surface area contributed by atoms with Crippen LogP contribution < -0.4 is 5.32 Å². The molecule has 1 aromatic rings. The summed E-state index contributed by atoms with van der Waals surface area (Å²) < 4.78 is 25.8. The average Bonchev–Trinajstić information content (AvgIpc) is 2.50. The Hall–Kier alpha value is -0.820. The predicted molar refractivity (Wildman–Crippen MR) is 88.9 cm³/mol. The Labute approximate surface area is 140 Å². The van der Waals surface area contributed by atoms with Crippen LogP contribution in [0.25, 0.3) is 0 Å². The number of benzene rings is 1. The SMILES string of the molecule is O=C(CCS(=O)(=O)N1CCCCC1)Nc1ccc(Cl)c(Cl)c1. The molecule has 1 N–H and O–H groups in total. The van der Waals surface area contributed by atoms with Gasteiger partial charge in [0.15, 0.2) is 0 Å². The highest BCUT2D eigenvalue weighted by Gasteiger charge is 2.24. The quantitative estimate of drug-likeness (QED) is 0.872. The first-order chi connectivity index (χ1) is 10.4. The molecule has 22 heavy (non-hydrogen) atoms. The number of nitrogens with zero attached hydrogens (tertiary/aromatic N) is 1. The highest BCUT2D eigenvalue weighted by atomic mass is 35.5. The number of carbonyl (C=O) groups excluding carboxylic acids is 1. The van der Waals surface area contributed by atoms with Gasteiger partial charge in [-0.1, -0.05) is 29.6 Å². The summed E-state index contributed by atoms with van der Waals surface area (Å²) in [6, 6.07) is 4.72. The molecule has 0 radical (unpaired) electrons. The number of anilines is 1. The Kier molecular flexibility index (Phi) is 6.09. The van der Waals surface area contributed by atoms with Gasteiger partial charge in [-0.05, 0) is 31.0 Å². The number of sulfonamides is 1. The van der Waals surface area contributed by atoms with Crippen LogP contribution in [0.3, 0.4) is 0 Å². The number of piperidine rings is 1. The molecule has 0 aliphatic carbocycles. The zero-order valence-electron chi connectivity index (χ0n) is 12.0. The summed E-state index contributed by atoms with van der Waals surface area (Å²) in [5, 5.41) is 3.35. The summed E-state index contributed by atoms with van der Waals surface area (Å²) in [6.07, 6.45) is 2.74. The number of hydrogen-bond donors (Lipinski definition) is 1. The second kappa shape index (κ2) is 7.64. The number of amides is 1. The van der Waals surface area contributed by atoms with Crippen molar-refractivity contribution in [2.24, 2.45) is 0 Å². The van der Waals surface area contributed by atoms with E-state index in [1.807, 2.05) is 0 Å². The smallest absolute Gasteiger partial charge is 0.225 e. The summed E-state index contributed by atoms with van der Waals surface area (Å²) in [4.78, 5) is 11.9. The summed E-state index contributed by atoms with van der Waals surface area (Å²) in [7, 11) is -3.36. The summed E-state index contributed by atoms with van der Waals surface area (Å²) in [6.45, 7) is 1.10. The van der Waals surface area contributed by atoms with Gasteiger partial charge in [-0.25, -0.2) is 12.7 Å². The monoisotopic (exact) mass is 364 g/mol. The second-order valence-electron chi connectivity index (χ2n) is 5.20. The predicted octanol–water partition coefficient (Wildman–Crippen LogP) is 3.14. The molecule has 0 bridgehead atoms. The number of rotatable bonds is 5. The molecule has 2 rings (SSSR count). The first-order valence-corrected chi connectivity index (χ1v) is 9.48. The van der Waals surface area contributed by atoms with E-state index in [4.69, 9.17) is 23.2 Å². The van der Waals surface area contributed by atoms with Gasteiger partial charge in [0.25, 0.3) is 0 Å². The van der Waals surface area contributed by atoms with Crippen LogP contribution in [-0.2, 0) is 14.8 Å². The van der Waals surface area contributed by atoms with E-state index in [2.05, 4.69) is 5.32 Å². The van der Waals surface area contributed by atoms with Crippen LogP contribution in [0.15, 0.2) is 18.2 Å². The van der Waals surface area contributed by atoms with Gasteiger partial charge < -0.3 is 5.32 Å². The fraction of sp³-hybridized carbons (Fsp3) is 0.500. The van der Waals surface area contributed by atoms with Crippen LogP contribution in [0.4, 0.5) is 5.69 Å². The molecular formula is C14H18Cl2N2O3S. The molecule has 1 fully saturated rings. The van der Waals surface area contributed by atoms with Crippen LogP contribution in [0.1, 0.15) is 25.7 Å². The van der Waals surface area contributed by atoms with Crippen molar-refractivity contribution in [3.05, 3.63) is 28.2 Å². The van der Waals surface area contributed by atoms with Gasteiger partial charge in [0.1, 0.15) is 0 Å². The van der Waals surface area contributed by atoms with Crippen LogP contribution in [-0.4, -0.2) is 37.5 Å². The summed E-state index contributed by atoms with van der Waals surface area (Å²) in [5.41, 5.74) is 0.495. The lowest BCUT2D eigenvalue weighted by atomic mass is 10.2. The molecule has 0 unspecified atom stereocenters. The van der Waals surface area contributed by atoms with E-state index in [1.54, 1.807) is 12.1 Å². The largest absolute Gasteiger partial charge is 0.326 e. The van der Waals surface area contributed by atoms with Crippen molar-refractivity contribution in [3.63, 3.8) is 0 Å². The van der Waals surface area contributed by atoms with Crippen molar-refractivity contribution in [2.75, 3.05) is 24.2 Å². The van der Waals surface area contributed by atoms with Crippen LogP contribution >= 0.6 is 23.2 Å². The van der Waals surface area contributed by atoms with E-state index in [1.165, 1.54) is 10.4 Å². The molecule has 1 aromatic carbocycles. The molecule has 0 atom stereocenters. The minimum atomic E-state index is -3.36. The molecule has 0 spiro atoms. The zero-order chi connectivity index (χ0) is 16.2. The topological polar surface area (TPSA) is 66.5 Å².